The van der Waals surface area contributed by atoms with Crippen LogP contribution >= 0.6 is 0 Å². The summed E-state index contributed by atoms with van der Waals surface area (Å²) in [5.74, 6) is -1.01. The lowest BCUT2D eigenvalue weighted by molar-refractivity contribution is -0.145. The second-order valence-electron chi connectivity index (χ2n) is 5.13. The van der Waals surface area contributed by atoms with E-state index in [-0.39, 0.29) is 11.9 Å². The van der Waals surface area contributed by atoms with Gasteiger partial charge in [-0.25, -0.2) is 0 Å². The smallest absolute Gasteiger partial charge is 0.315 e. The van der Waals surface area contributed by atoms with Gasteiger partial charge in [0.1, 0.15) is 5.92 Å². The molecule has 2 rings (SSSR count). The number of rotatable bonds is 4. The maximum atomic E-state index is 12.4. The average molecular weight is 297 g/mol. The zero-order valence-electron chi connectivity index (χ0n) is 13.0. The number of benzene rings is 1. The molecule has 2 unspecified atom stereocenters. The largest absolute Gasteiger partial charge is 0.465 e. The molecule has 0 bridgehead atoms. The Kier molecular flexibility index (Phi) is 5.05. The van der Waals surface area contributed by atoms with Gasteiger partial charge >= 0.3 is 5.97 Å². The van der Waals surface area contributed by atoms with Crippen LogP contribution in [0.15, 0.2) is 34.5 Å². The highest BCUT2D eigenvalue weighted by molar-refractivity contribution is 6.10. The Morgan fingerprint density at radius 1 is 1.36 bits per heavy atom. The Bertz CT molecular complexity index is 671. The van der Waals surface area contributed by atoms with E-state index >= 15 is 0 Å². The van der Waals surface area contributed by atoms with Crippen molar-refractivity contribution in [2.75, 3.05) is 6.61 Å². The van der Waals surface area contributed by atoms with Gasteiger partial charge < -0.3 is 4.74 Å². The molecule has 0 saturated carbocycles. The van der Waals surface area contributed by atoms with Crippen LogP contribution < -0.4 is 0 Å². The lowest BCUT2D eigenvalue weighted by Crippen LogP contribution is -2.36. The number of nitriles is 1. The van der Waals surface area contributed by atoms with E-state index in [0.717, 1.165) is 11.3 Å². The van der Waals surface area contributed by atoms with Crippen molar-refractivity contribution in [1.29, 1.82) is 5.26 Å². The van der Waals surface area contributed by atoms with Crippen molar-refractivity contribution < 1.29 is 9.53 Å². The number of ether oxygens (including phenoxy) is 1. The molecule has 114 valence electrons. The van der Waals surface area contributed by atoms with Gasteiger partial charge in [0.05, 0.1) is 24.0 Å². The number of hydrogen-bond acceptors (Lipinski definition) is 5. The number of nitrogens with zero attached hydrogens (tertiary/aromatic N) is 3. The van der Waals surface area contributed by atoms with Crippen molar-refractivity contribution in [3.8, 4) is 6.07 Å². The van der Waals surface area contributed by atoms with E-state index in [1.807, 2.05) is 19.1 Å². The highest BCUT2D eigenvalue weighted by Crippen LogP contribution is 2.33. The monoisotopic (exact) mass is 297 g/mol. The van der Waals surface area contributed by atoms with Crippen molar-refractivity contribution >= 4 is 17.4 Å². The van der Waals surface area contributed by atoms with E-state index in [9.17, 15) is 4.79 Å². The van der Waals surface area contributed by atoms with E-state index in [2.05, 4.69) is 16.3 Å². The molecule has 0 radical (unpaired) electrons. The van der Waals surface area contributed by atoms with Crippen LogP contribution in [-0.4, -0.2) is 24.0 Å². The fourth-order valence-electron chi connectivity index (χ4n) is 2.72. The van der Waals surface area contributed by atoms with Crippen LogP contribution in [0.4, 0.5) is 0 Å². The Hall–Kier alpha value is -2.48. The highest BCUT2D eigenvalue weighted by Gasteiger charge is 2.38. The Morgan fingerprint density at radius 2 is 2.14 bits per heavy atom. The summed E-state index contributed by atoms with van der Waals surface area (Å²) < 4.78 is 5.21. The van der Waals surface area contributed by atoms with E-state index in [1.54, 1.807) is 26.0 Å². The lowest BCUT2D eigenvalue weighted by atomic mass is 9.78. The summed E-state index contributed by atoms with van der Waals surface area (Å²) in [6.45, 7) is 5.89. The van der Waals surface area contributed by atoms with Crippen LogP contribution in [0.2, 0.25) is 0 Å². The molecule has 1 aliphatic rings. The number of carbonyl (C=O) groups excluding carboxylic acids is 1. The van der Waals surface area contributed by atoms with Gasteiger partial charge in [0.25, 0.3) is 0 Å². The van der Waals surface area contributed by atoms with Gasteiger partial charge in [-0.3, -0.25) is 4.79 Å². The first-order chi connectivity index (χ1) is 10.6. The van der Waals surface area contributed by atoms with E-state index in [4.69, 9.17) is 10.00 Å². The van der Waals surface area contributed by atoms with Gasteiger partial charge in [0.2, 0.25) is 0 Å². The molecule has 0 saturated heterocycles. The third kappa shape index (κ3) is 3.06. The Morgan fingerprint density at radius 3 is 2.77 bits per heavy atom. The van der Waals surface area contributed by atoms with Gasteiger partial charge in [-0.2, -0.15) is 15.5 Å². The summed E-state index contributed by atoms with van der Waals surface area (Å²) in [5.41, 5.74) is 2.93. The zero-order valence-corrected chi connectivity index (χ0v) is 13.0. The van der Waals surface area contributed by atoms with Crippen LogP contribution in [0, 0.1) is 17.2 Å². The number of hydrogen-bond donors (Lipinski definition) is 0. The molecule has 0 spiro atoms. The number of esters is 1. The molecule has 0 aromatic heterocycles. The van der Waals surface area contributed by atoms with Crippen molar-refractivity contribution in [1.82, 2.24) is 0 Å². The minimum absolute atomic E-state index is 0.227. The van der Waals surface area contributed by atoms with Crippen LogP contribution in [0.25, 0.3) is 0 Å². The van der Waals surface area contributed by atoms with Crippen molar-refractivity contribution in [2.45, 2.75) is 33.1 Å². The molecular weight excluding hydrogens is 278 g/mol. The minimum atomic E-state index is -0.485. The maximum absolute atomic E-state index is 12.4. The molecule has 5 heteroatoms. The predicted molar refractivity (Wildman–Crippen MR) is 84.9 cm³/mol. The fraction of sp³-hybridized carbons (Fsp3) is 0.412. The third-order valence-corrected chi connectivity index (χ3v) is 3.76. The Labute approximate surface area is 130 Å². The molecule has 0 fully saturated rings. The normalized spacial score (nSPS) is 20.6. The van der Waals surface area contributed by atoms with Crippen LogP contribution in [0.3, 0.4) is 0 Å². The molecule has 0 amide bonds. The average Bonchev–Trinajstić information content (AvgIpc) is 2.54. The predicted octanol–water partition coefficient (Wildman–Crippen LogP) is 3.06. The summed E-state index contributed by atoms with van der Waals surface area (Å²) in [6.07, 6.45) is 0.689. The first kappa shape index (κ1) is 15.9. The fourth-order valence-corrected chi connectivity index (χ4v) is 2.72. The SMILES string of the molecule is CCOC(=O)C1C(C)=NN=C(CC)C1c1cccc(C#N)c1. The second-order valence-corrected chi connectivity index (χ2v) is 5.13. The second kappa shape index (κ2) is 6.99. The van der Waals surface area contributed by atoms with Gasteiger partial charge in [-0.05, 0) is 38.0 Å². The molecule has 2 atom stereocenters. The summed E-state index contributed by atoms with van der Waals surface area (Å²) in [5, 5.41) is 17.5. The van der Waals surface area contributed by atoms with Gasteiger partial charge in [-0.15, -0.1) is 0 Å². The summed E-state index contributed by atoms with van der Waals surface area (Å²) in [7, 11) is 0. The topological polar surface area (TPSA) is 74.8 Å². The lowest BCUT2D eigenvalue weighted by Gasteiger charge is -2.29. The molecular formula is C17H19N3O2. The first-order valence-corrected chi connectivity index (χ1v) is 7.39. The zero-order chi connectivity index (χ0) is 16.1. The standard InChI is InChI=1S/C17H19N3O2/c1-4-14-16(13-8-6-7-12(9-13)10-18)15(11(3)19-20-14)17(21)22-5-2/h6-9,15-16H,4-5H2,1-3H3. The molecule has 0 aliphatic carbocycles. The molecule has 5 nitrogen and oxygen atoms in total. The maximum Gasteiger partial charge on any atom is 0.315 e. The van der Waals surface area contributed by atoms with E-state index in [0.29, 0.717) is 24.3 Å². The summed E-state index contributed by atoms with van der Waals surface area (Å²) in [6, 6.07) is 9.43. The van der Waals surface area contributed by atoms with Gasteiger partial charge in [0.15, 0.2) is 0 Å². The minimum Gasteiger partial charge on any atom is -0.465 e. The van der Waals surface area contributed by atoms with E-state index in [1.165, 1.54) is 0 Å². The molecule has 1 aromatic rings. The van der Waals surface area contributed by atoms with Crippen LogP contribution in [0.1, 0.15) is 44.2 Å². The molecule has 1 aliphatic heterocycles. The molecule has 1 heterocycles. The molecule has 1 aromatic carbocycles. The highest BCUT2D eigenvalue weighted by atomic mass is 16.5. The summed E-state index contributed by atoms with van der Waals surface area (Å²) in [4.78, 5) is 12.4. The van der Waals surface area contributed by atoms with E-state index < -0.39 is 5.92 Å². The van der Waals surface area contributed by atoms with Crippen LogP contribution in [-0.2, 0) is 9.53 Å². The Balaban J connectivity index is 2.50. The summed E-state index contributed by atoms with van der Waals surface area (Å²) >= 11 is 0. The first-order valence-electron chi connectivity index (χ1n) is 7.39. The molecule has 22 heavy (non-hydrogen) atoms. The van der Waals surface area contributed by atoms with Gasteiger partial charge in [-0.1, -0.05) is 19.1 Å². The van der Waals surface area contributed by atoms with Crippen molar-refractivity contribution in [3.05, 3.63) is 35.4 Å². The van der Waals surface area contributed by atoms with Crippen molar-refractivity contribution in [3.63, 3.8) is 0 Å². The quantitative estimate of drug-likeness (QED) is 0.801. The van der Waals surface area contributed by atoms with Crippen molar-refractivity contribution in [2.24, 2.45) is 16.1 Å². The third-order valence-electron chi connectivity index (χ3n) is 3.76. The number of carbonyl (C=O) groups is 1. The van der Waals surface area contributed by atoms with Crippen LogP contribution in [0.5, 0.6) is 0 Å². The molecule has 0 N–H and O–H groups in total. The van der Waals surface area contributed by atoms with Gasteiger partial charge in [0, 0.05) is 11.6 Å².